The number of thiophene rings is 1. The molecule has 1 unspecified atom stereocenters. The van der Waals surface area contributed by atoms with Crippen molar-refractivity contribution in [1.82, 2.24) is 0 Å². The lowest BCUT2D eigenvalue weighted by Gasteiger charge is -2.26. The van der Waals surface area contributed by atoms with Gasteiger partial charge in [0.15, 0.2) is 5.41 Å². The number of nitriles is 2. The molecule has 86 valence electrons. The van der Waals surface area contributed by atoms with Gasteiger partial charge in [-0.15, -0.1) is 24.5 Å². The summed E-state index contributed by atoms with van der Waals surface area (Å²) in [7, 11) is 0. The van der Waals surface area contributed by atoms with Crippen molar-refractivity contribution in [2.75, 3.05) is 0 Å². The lowest BCUT2D eigenvalue weighted by molar-refractivity contribution is 0.421. The van der Waals surface area contributed by atoms with Gasteiger partial charge in [0.1, 0.15) is 0 Å². The van der Waals surface area contributed by atoms with Crippen LogP contribution in [-0.4, -0.2) is 0 Å². The van der Waals surface area contributed by atoms with Gasteiger partial charge in [0.05, 0.1) is 12.1 Å². The topological polar surface area (TPSA) is 47.6 Å². The molecular formula is C14H14N2S. The Hall–Kier alpha value is -1.84. The SMILES string of the molecule is C=CCC(c1cccs1)C(C#N)(C#N)CC=C. The van der Waals surface area contributed by atoms with Crippen LogP contribution in [0.5, 0.6) is 0 Å². The zero-order valence-electron chi connectivity index (χ0n) is 9.60. The van der Waals surface area contributed by atoms with Gasteiger partial charge in [0, 0.05) is 10.8 Å². The summed E-state index contributed by atoms with van der Waals surface area (Å²) in [6.45, 7) is 7.35. The third-order valence-electron chi connectivity index (χ3n) is 2.75. The molecule has 0 aliphatic rings. The number of allylic oxidation sites excluding steroid dienone is 2. The molecule has 1 aromatic heterocycles. The Morgan fingerprint density at radius 2 is 2.06 bits per heavy atom. The first-order valence-corrected chi connectivity index (χ1v) is 6.19. The van der Waals surface area contributed by atoms with E-state index in [0.717, 1.165) is 4.88 Å². The van der Waals surface area contributed by atoms with E-state index in [0.29, 0.717) is 12.8 Å². The van der Waals surface area contributed by atoms with Crippen LogP contribution in [0.4, 0.5) is 0 Å². The van der Waals surface area contributed by atoms with Crippen molar-refractivity contribution in [2.45, 2.75) is 18.8 Å². The Balaban J connectivity index is 3.20. The van der Waals surface area contributed by atoms with E-state index in [9.17, 15) is 10.5 Å². The van der Waals surface area contributed by atoms with E-state index >= 15 is 0 Å². The van der Waals surface area contributed by atoms with Crippen molar-refractivity contribution in [3.05, 3.63) is 47.7 Å². The maximum atomic E-state index is 9.35. The first kappa shape index (κ1) is 13.2. The molecule has 0 radical (unpaired) electrons. The molecule has 1 atom stereocenters. The fourth-order valence-electron chi connectivity index (χ4n) is 1.86. The Labute approximate surface area is 106 Å². The van der Waals surface area contributed by atoms with Crippen molar-refractivity contribution >= 4 is 11.3 Å². The van der Waals surface area contributed by atoms with Crippen molar-refractivity contribution in [3.63, 3.8) is 0 Å². The maximum Gasteiger partial charge on any atom is 0.155 e. The Bertz CT molecular complexity index is 445. The minimum Gasteiger partial charge on any atom is -0.197 e. The minimum atomic E-state index is -1.04. The van der Waals surface area contributed by atoms with Gasteiger partial charge in [-0.3, -0.25) is 0 Å². The van der Waals surface area contributed by atoms with Gasteiger partial charge in [-0.1, -0.05) is 18.2 Å². The van der Waals surface area contributed by atoms with Gasteiger partial charge in [-0.05, 0) is 24.3 Å². The first-order chi connectivity index (χ1) is 8.24. The van der Waals surface area contributed by atoms with E-state index in [2.05, 4.69) is 25.3 Å². The van der Waals surface area contributed by atoms with Gasteiger partial charge in [-0.2, -0.15) is 10.5 Å². The summed E-state index contributed by atoms with van der Waals surface area (Å²) in [5.74, 6) is -0.131. The summed E-state index contributed by atoms with van der Waals surface area (Å²) in [6, 6.07) is 8.23. The van der Waals surface area contributed by atoms with E-state index in [1.807, 2.05) is 17.5 Å². The second kappa shape index (κ2) is 6.03. The van der Waals surface area contributed by atoms with Crippen LogP contribution in [0.25, 0.3) is 0 Å². The molecule has 0 aliphatic carbocycles. The van der Waals surface area contributed by atoms with E-state index in [-0.39, 0.29) is 5.92 Å². The second-order valence-corrected chi connectivity index (χ2v) is 4.76. The average Bonchev–Trinajstić information content (AvgIpc) is 2.87. The second-order valence-electron chi connectivity index (χ2n) is 3.78. The number of nitrogens with zero attached hydrogens (tertiary/aromatic N) is 2. The normalized spacial score (nSPS) is 12.1. The molecule has 17 heavy (non-hydrogen) atoms. The molecule has 0 saturated heterocycles. The molecule has 3 heteroatoms. The predicted molar refractivity (Wildman–Crippen MR) is 70.3 cm³/mol. The molecule has 1 heterocycles. The molecule has 1 aromatic rings. The molecule has 0 bridgehead atoms. The van der Waals surface area contributed by atoms with Crippen LogP contribution in [0.2, 0.25) is 0 Å². The number of hydrogen-bond acceptors (Lipinski definition) is 3. The van der Waals surface area contributed by atoms with Crippen LogP contribution >= 0.6 is 11.3 Å². The molecule has 2 nitrogen and oxygen atoms in total. The average molecular weight is 242 g/mol. The Morgan fingerprint density at radius 3 is 2.47 bits per heavy atom. The van der Waals surface area contributed by atoms with Gasteiger partial charge < -0.3 is 0 Å². The monoisotopic (exact) mass is 242 g/mol. The molecule has 0 saturated carbocycles. The summed E-state index contributed by atoms with van der Waals surface area (Å²) < 4.78 is 0. The highest BCUT2D eigenvalue weighted by atomic mass is 32.1. The predicted octanol–water partition coefficient (Wildman–Crippen LogP) is 4.02. The van der Waals surface area contributed by atoms with Gasteiger partial charge in [0.2, 0.25) is 0 Å². The van der Waals surface area contributed by atoms with Crippen molar-refractivity contribution < 1.29 is 0 Å². The summed E-state index contributed by atoms with van der Waals surface area (Å²) in [5, 5.41) is 20.7. The van der Waals surface area contributed by atoms with E-state index < -0.39 is 5.41 Å². The smallest absolute Gasteiger partial charge is 0.155 e. The number of rotatable bonds is 6. The highest BCUT2D eigenvalue weighted by Crippen LogP contribution is 2.42. The molecule has 1 rings (SSSR count). The first-order valence-electron chi connectivity index (χ1n) is 5.31. The van der Waals surface area contributed by atoms with Crippen LogP contribution in [0.3, 0.4) is 0 Å². The Kier molecular flexibility index (Phi) is 4.69. The summed E-state index contributed by atoms with van der Waals surface area (Å²) in [5.41, 5.74) is -1.04. The van der Waals surface area contributed by atoms with Gasteiger partial charge >= 0.3 is 0 Å². The molecule has 0 N–H and O–H groups in total. The van der Waals surface area contributed by atoms with Crippen molar-refractivity contribution in [1.29, 1.82) is 10.5 Å². The molecular weight excluding hydrogens is 228 g/mol. The van der Waals surface area contributed by atoms with Gasteiger partial charge in [-0.25, -0.2) is 0 Å². The highest BCUT2D eigenvalue weighted by molar-refractivity contribution is 7.10. The summed E-state index contributed by atoms with van der Waals surface area (Å²) in [6.07, 6.45) is 4.39. The van der Waals surface area contributed by atoms with Crippen LogP contribution in [0.15, 0.2) is 42.8 Å². The van der Waals surface area contributed by atoms with Crippen molar-refractivity contribution in [3.8, 4) is 12.1 Å². The lowest BCUT2D eigenvalue weighted by atomic mass is 9.73. The summed E-state index contributed by atoms with van der Waals surface area (Å²) in [4.78, 5) is 1.05. The van der Waals surface area contributed by atoms with Crippen molar-refractivity contribution in [2.24, 2.45) is 5.41 Å². The third-order valence-corrected chi connectivity index (χ3v) is 3.74. The third kappa shape index (κ3) is 2.64. The molecule has 0 fully saturated rings. The van der Waals surface area contributed by atoms with Gasteiger partial charge in [0.25, 0.3) is 0 Å². The lowest BCUT2D eigenvalue weighted by Crippen LogP contribution is -2.24. The van der Waals surface area contributed by atoms with E-state index in [1.54, 1.807) is 23.5 Å². The molecule has 0 aromatic carbocycles. The molecule has 0 aliphatic heterocycles. The largest absolute Gasteiger partial charge is 0.197 e. The standard InChI is InChI=1S/C14H14N2S/c1-3-6-12(13-7-5-9-17-13)14(10-15,11-16)8-4-2/h3-5,7,9,12H,1-2,6,8H2. The minimum absolute atomic E-state index is 0.131. The zero-order valence-corrected chi connectivity index (χ0v) is 10.4. The fourth-order valence-corrected chi connectivity index (χ4v) is 2.79. The summed E-state index contributed by atoms with van der Waals surface area (Å²) >= 11 is 1.57. The Morgan fingerprint density at radius 1 is 1.35 bits per heavy atom. The highest BCUT2D eigenvalue weighted by Gasteiger charge is 2.39. The molecule has 0 spiro atoms. The van der Waals surface area contributed by atoms with Crippen LogP contribution < -0.4 is 0 Å². The van der Waals surface area contributed by atoms with Crippen LogP contribution in [-0.2, 0) is 0 Å². The quantitative estimate of drug-likeness (QED) is 0.707. The number of hydrogen-bond donors (Lipinski definition) is 0. The zero-order chi connectivity index (χ0) is 12.7. The fraction of sp³-hybridized carbons (Fsp3) is 0.286. The molecule has 0 amide bonds. The van der Waals surface area contributed by atoms with Crippen LogP contribution in [0.1, 0.15) is 23.6 Å². The van der Waals surface area contributed by atoms with E-state index in [1.165, 1.54) is 0 Å². The van der Waals surface area contributed by atoms with E-state index in [4.69, 9.17) is 0 Å². The van der Waals surface area contributed by atoms with Crippen LogP contribution in [0, 0.1) is 28.1 Å². The maximum absolute atomic E-state index is 9.35.